The predicted octanol–water partition coefficient (Wildman–Crippen LogP) is 2.56. The first-order chi connectivity index (χ1) is 11.1. The van der Waals surface area contributed by atoms with Gasteiger partial charge in [0.2, 0.25) is 0 Å². The van der Waals surface area contributed by atoms with Crippen LogP contribution in [-0.4, -0.2) is 48.2 Å². The zero-order valence-corrected chi connectivity index (χ0v) is 13.6. The predicted molar refractivity (Wildman–Crippen MR) is 85.1 cm³/mol. The Hall–Kier alpha value is -2.24. The molecule has 1 aliphatic rings. The van der Waals surface area contributed by atoms with Crippen LogP contribution in [0.3, 0.4) is 0 Å². The molecule has 1 saturated heterocycles. The van der Waals surface area contributed by atoms with E-state index in [4.69, 9.17) is 9.47 Å². The highest BCUT2D eigenvalue weighted by molar-refractivity contribution is 5.97. The molecular formula is C17H23NO5. The highest BCUT2D eigenvalue weighted by Gasteiger charge is 2.34. The maximum absolute atomic E-state index is 12.6. The number of unbranched alkanes of at least 4 members (excludes halogenated alkanes) is 1. The molecule has 0 saturated carbocycles. The van der Waals surface area contributed by atoms with Gasteiger partial charge in [0.1, 0.15) is 6.04 Å². The normalized spacial score (nSPS) is 17.1. The Morgan fingerprint density at radius 1 is 1.35 bits per heavy atom. The van der Waals surface area contributed by atoms with Crippen LogP contribution in [0, 0.1) is 0 Å². The molecule has 0 bridgehead atoms. The summed E-state index contributed by atoms with van der Waals surface area (Å²) in [6.07, 6.45) is 3.12. The fraction of sp³-hybridized carbons (Fsp3) is 0.529. The number of hydrogen-bond acceptors (Lipinski definition) is 4. The Morgan fingerprint density at radius 2 is 2.13 bits per heavy atom. The van der Waals surface area contributed by atoms with Crippen molar-refractivity contribution in [3.05, 3.63) is 23.8 Å². The Balaban J connectivity index is 2.19. The van der Waals surface area contributed by atoms with E-state index >= 15 is 0 Å². The highest BCUT2D eigenvalue weighted by Crippen LogP contribution is 2.30. The minimum Gasteiger partial charge on any atom is -0.493 e. The first-order valence-corrected chi connectivity index (χ1v) is 7.93. The Morgan fingerprint density at radius 3 is 2.78 bits per heavy atom. The first kappa shape index (κ1) is 17.1. The fourth-order valence-corrected chi connectivity index (χ4v) is 2.68. The molecule has 0 aliphatic carbocycles. The number of nitrogens with zero attached hydrogens (tertiary/aromatic N) is 1. The van der Waals surface area contributed by atoms with E-state index in [0.29, 0.717) is 43.1 Å². The molecule has 1 N–H and O–H groups in total. The maximum Gasteiger partial charge on any atom is 0.326 e. The van der Waals surface area contributed by atoms with Crippen LogP contribution >= 0.6 is 0 Å². The van der Waals surface area contributed by atoms with Gasteiger partial charge in [0, 0.05) is 12.1 Å². The van der Waals surface area contributed by atoms with Crippen molar-refractivity contribution in [1.29, 1.82) is 0 Å². The minimum absolute atomic E-state index is 0.280. The number of ether oxygens (including phenoxy) is 2. The average Bonchev–Trinajstić information content (AvgIpc) is 3.04. The van der Waals surface area contributed by atoms with Gasteiger partial charge in [0.25, 0.3) is 5.91 Å². The van der Waals surface area contributed by atoms with Crippen LogP contribution in [0.4, 0.5) is 0 Å². The number of carbonyl (C=O) groups excluding carboxylic acids is 1. The van der Waals surface area contributed by atoms with Gasteiger partial charge in [-0.05, 0) is 37.5 Å². The average molecular weight is 321 g/mol. The van der Waals surface area contributed by atoms with Crippen LogP contribution in [-0.2, 0) is 4.79 Å². The number of hydrogen-bond donors (Lipinski definition) is 1. The van der Waals surface area contributed by atoms with E-state index in [1.54, 1.807) is 25.3 Å². The van der Waals surface area contributed by atoms with Gasteiger partial charge in [-0.3, -0.25) is 4.79 Å². The van der Waals surface area contributed by atoms with Crippen molar-refractivity contribution < 1.29 is 24.2 Å². The monoisotopic (exact) mass is 321 g/mol. The van der Waals surface area contributed by atoms with Crippen molar-refractivity contribution in [3.63, 3.8) is 0 Å². The van der Waals surface area contributed by atoms with Crippen LogP contribution in [0.2, 0.25) is 0 Å². The van der Waals surface area contributed by atoms with E-state index < -0.39 is 12.0 Å². The van der Waals surface area contributed by atoms with Gasteiger partial charge >= 0.3 is 5.97 Å². The summed E-state index contributed by atoms with van der Waals surface area (Å²) in [4.78, 5) is 25.3. The second-order valence-corrected chi connectivity index (χ2v) is 5.56. The van der Waals surface area contributed by atoms with Gasteiger partial charge in [-0.25, -0.2) is 4.79 Å². The Kier molecular flexibility index (Phi) is 5.84. The third-order valence-electron chi connectivity index (χ3n) is 3.96. The van der Waals surface area contributed by atoms with Gasteiger partial charge in [0.15, 0.2) is 11.5 Å². The molecule has 1 unspecified atom stereocenters. The van der Waals surface area contributed by atoms with E-state index in [-0.39, 0.29) is 5.91 Å². The number of amides is 1. The SMILES string of the molecule is CCCCOc1cc(C(=O)N2CCCC2C(=O)O)ccc1OC. The van der Waals surface area contributed by atoms with Crippen LogP contribution < -0.4 is 9.47 Å². The lowest BCUT2D eigenvalue weighted by Crippen LogP contribution is -2.40. The second kappa shape index (κ2) is 7.85. The number of carbonyl (C=O) groups is 2. The summed E-state index contributed by atoms with van der Waals surface area (Å²) in [5.74, 6) is -0.159. The molecule has 0 radical (unpaired) electrons. The molecule has 1 amide bonds. The molecule has 23 heavy (non-hydrogen) atoms. The maximum atomic E-state index is 12.6. The van der Waals surface area contributed by atoms with E-state index in [2.05, 4.69) is 6.92 Å². The van der Waals surface area contributed by atoms with Crippen LogP contribution in [0.5, 0.6) is 11.5 Å². The number of carboxylic acid groups (broad SMARTS) is 1. The Labute approximate surface area is 136 Å². The minimum atomic E-state index is -0.955. The fourth-order valence-electron chi connectivity index (χ4n) is 2.68. The number of methoxy groups -OCH3 is 1. The topological polar surface area (TPSA) is 76.1 Å². The zero-order valence-electron chi connectivity index (χ0n) is 13.6. The lowest BCUT2D eigenvalue weighted by Gasteiger charge is -2.22. The zero-order chi connectivity index (χ0) is 16.8. The Bertz CT molecular complexity index is 572. The van der Waals surface area contributed by atoms with Crippen molar-refractivity contribution in [3.8, 4) is 11.5 Å². The summed E-state index contributed by atoms with van der Waals surface area (Å²) in [6, 6.07) is 4.22. The van der Waals surface area contributed by atoms with E-state index in [1.165, 1.54) is 4.90 Å². The molecule has 1 aromatic carbocycles. The molecule has 1 heterocycles. The molecule has 6 nitrogen and oxygen atoms in total. The molecule has 1 atom stereocenters. The first-order valence-electron chi connectivity index (χ1n) is 7.93. The molecule has 1 aliphatic heterocycles. The largest absolute Gasteiger partial charge is 0.493 e. The smallest absolute Gasteiger partial charge is 0.326 e. The summed E-state index contributed by atoms with van der Waals surface area (Å²) in [5, 5.41) is 9.22. The summed E-state index contributed by atoms with van der Waals surface area (Å²) in [7, 11) is 1.55. The third kappa shape index (κ3) is 3.94. The molecule has 1 fully saturated rings. The molecule has 0 spiro atoms. The van der Waals surface area contributed by atoms with Gasteiger partial charge in [-0.15, -0.1) is 0 Å². The quantitative estimate of drug-likeness (QED) is 0.781. The van der Waals surface area contributed by atoms with Crippen LogP contribution in [0.1, 0.15) is 43.0 Å². The van der Waals surface area contributed by atoms with Crippen molar-refractivity contribution in [2.45, 2.75) is 38.6 Å². The van der Waals surface area contributed by atoms with Gasteiger partial charge < -0.3 is 19.5 Å². The van der Waals surface area contributed by atoms with E-state index in [9.17, 15) is 14.7 Å². The second-order valence-electron chi connectivity index (χ2n) is 5.56. The molecule has 0 aromatic heterocycles. The number of benzene rings is 1. The summed E-state index contributed by atoms with van der Waals surface area (Å²) in [5.41, 5.74) is 0.422. The van der Waals surface area contributed by atoms with E-state index in [0.717, 1.165) is 12.8 Å². The number of aliphatic carboxylic acids is 1. The number of rotatable bonds is 7. The highest BCUT2D eigenvalue weighted by atomic mass is 16.5. The molecular weight excluding hydrogens is 298 g/mol. The van der Waals surface area contributed by atoms with Gasteiger partial charge in [-0.1, -0.05) is 13.3 Å². The van der Waals surface area contributed by atoms with Crippen molar-refractivity contribution >= 4 is 11.9 Å². The standard InChI is InChI=1S/C17H23NO5/c1-3-4-10-23-15-11-12(7-8-14(15)22-2)16(19)18-9-5-6-13(18)17(20)21/h7-8,11,13H,3-6,9-10H2,1-2H3,(H,20,21). The van der Waals surface area contributed by atoms with Gasteiger partial charge in [0.05, 0.1) is 13.7 Å². The van der Waals surface area contributed by atoms with Crippen molar-refractivity contribution in [1.82, 2.24) is 4.90 Å². The van der Waals surface area contributed by atoms with Crippen molar-refractivity contribution in [2.75, 3.05) is 20.3 Å². The lowest BCUT2D eigenvalue weighted by atomic mass is 10.1. The molecule has 2 rings (SSSR count). The summed E-state index contributed by atoms with van der Waals surface area (Å²) < 4.78 is 10.9. The number of carboxylic acids is 1. The molecule has 126 valence electrons. The summed E-state index contributed by atoms with van der Waals surface area (Å²) in [6.45, 7) is 3.08. The van der Waals surface area contributed by atoms with Gasteiger partial charge in [-0.2, -0.15) is 0 Å². The van der Waals surface area contributed by atoms with Crippen LogP contribution in [0.25, 0.3) is 0 Å². The molecule has 6 heteroatoms. The summed E-state index contributed by atoms with van der Waals surface area (Å²) >= 11 is 0. The van der Waals surface area contributed by atoms with Crippen LogP contribution in [0.15, 0.2) is 18.2 Å². The van der Waals surface area contributed by atoms with E-state index in [1.807, 2.05) is 0 Å². The van der Waals surface area contributed by atoms with Crippen molar-refractivity contribution in [2.24, 2.45) is 0 Å². The number of likely N-dealkylation sites (tertiary alicyclic amines) is 1. The molecule has 1 aromatic rings. The lowest BCUT2D eigenvalue weighted by molar-refractivity contribution is -0.141. The third-order valence-corrected chi connectivity index (χ3v) is 3.96.